The first kappa shape index (κ1) is 28.1. The molecule has 1 atom stereocenters. The van der Waals surface area contributed by atoms with E-state index in [9.17, 15) is 18.4 Å². The Hall–Kier alpha value is -4.50. The first-order chi connectivity index (χ1) is 18.2. The molecule has 4 N–H and O–H groups in total. The van der Waals surface area contributed by atoms with E-state index < -0.39 is 23.8 Å². The van der Waals surface area contributed by atoms with Crippen LogP contribution >= 0.6 is 11.6 Å². The second-order valence-electron chi connectivity index (χ2n) is 8.12. The molecule has 0 saturated heterocycles. The van der Waals surface area contributed by atoms with Crippen LogP contribution in [0.25, 0.3) is 10.8 Å². The van der Waals surface area contributed by atoms with Gasteiger partial charge in [-0.1, -0.05) is 23.7 Å². The SMILES string of the molecule is CN(C(=O)CCc1cccc(F)c1Cl)[C@@H](CN=C(N)NC#N)COC(=O)Nc1cc2cc(F)ccc2cn1. The van der Waals surface area contributed by atoms with Crippen LogP contribution in [0.4, 0.5) is 19.4 Å². The molecule has 1 aromatic heterocycles. The highest BCUT2D eigenvalue weighted by Crippen LogP contribution is 2.21. The number of ether oxygens (including phenoxy) is 1. The molecule has 3 aromatic rings. The van der Waals surface area contributed by atoms with E-state index in [0.717, 1.165) is 0 Å². The summed E-state index contributed by atoms with van der Waals surface area (Å²) in [5, 5.41) is 14.5. The molecule has 13 heteroatoms. The number of carbonyl (C=O) groups excluding carboxylic acids is 2. The number of aliphatic imine (C=N–C) groups is 1. The minimum absolute atomic E-state index is 0.00438. The molecule has 2 aromatic carbocycles. The van der Waals surface area contributed by atoms with Gasteiger partial charge in [0, 0.05) is 25.1 Å². The van der Waals surface area contributed by atoms with Crippen molar-refractivity contribution in [3.05, 3.63) is 70.9 Å². The fourth-order valence-corrected chi connectivity index (χ4v) is 3.66. The van der Waals surface area contributed by atoms with Crippen LogP contribution in [0.15, 0.2) is 53.7 Å². The molecule has 0 fully saturated rings. The summed E-state index contributed by atoms with van der Waals surface area (Å²) in [5.41, 5.74) is 6.07. The van der Waals surface area contributed by atoms with Gasteiger partial charge < -0.3 is 15.4 Å². The minimum atomic E-state index is -0.863. The number of nitriles is 1. The monoisotopic (exact) mass is 543 g/mol. The number of anilines is 1. The Balaban J connectivity index is 1.65. The largest absolute Gasteiger partial charge is 0.447 e. The first-order valence-electron chi connectivity index (χ1n) is 11.3. The number of aromatic nitrogens is 1. The average molecular weight is 544 g/mol. The summed E-state index contributed by atoms with van der Waals surface area (Å²) >= 11 is 5.97. The van der Waals surface area contributed by atoms with Crippen molar-refractivity contribution in [1.82, 2.24) is 15.2 Å². The smallest absolute Gasteiger partial charge is 0.412 e. The Morgan fingerprint density at radius 2 is 2.05 bits per heavy atom. The van der Waals surface area contributed by atoms with Crippen molar-refractivity contribution >= 4 is 46.2 Å². The van der Waals surface area contributed by atoms with Crippen molar-refractivity contribution in [2.24, 2.45) is 10.7 Å². The average Bonchev–Trinajstić information content (AvgIpc) is 2.89. The van der Waals surface area contributed by atoms with Crippen molar-refractivity contribution < 1.29 is 23.1 Å². The van der Waals surface area contributed by atoms with Crippen LogP contribution in [-0.2, 0) is 16.0 Å². The molecule has 0 radical (unpaired) electrons. The summed E-state index contributed by atoms with van der Waals surface area (Å²) in [7, 11) is 1.49. The number of aryl methyl sites for hydroxylation is 1. The van der Waals surface area contributed by atoms with Gasteiger partial charge in [-0.3, -0.25) is 20.4 Å². The zero-order chi connectivity index (χ0) is 27.7. The van der Waals surface area contributed by atoms with Gasteiger partial charge in [0.2, 0.25) is 11.9 Å². The van der Waals surface area contributed by atoms with Crippen LogP contribution in [-0.4, -0.2) is 54.1 Å². The number of nitrogens with two attached hydrogens (primary N) is 1. The van der Waals surface area contributed by atoms with E-state index in [1.807, 2.05) is 0 Å². The number of benzene rings is 2. The molecule has 0 unspecified atom stereocenters. The number of rotatable bonds is 9. The van der Waals surface area contributed by atoms with Crippen LogP contribution in [0.3, 0.4) is 0 Å². The lowest BCUT2D eigenvalue weighted by molar-refractivity contribution is -0.132. The number of hydrogen-bond donors (Lipinski definition) is 3. The van der Waals surface area contributed by atoms with Gasteiger partial charge in [-0.25, -0.2) is 18.6 Å². The Morgan fingerprint density at radius 1 is 1.26 bits per heavy atom. The number of fused-ring (bicyclic) bond motifs is 1. The third-order valence-electron chi connectivity index (χ3n) is 5.56. The summed E-state index contributed by atoms with van der Waals surface area (Å²) in [5.74, 6) is -1.40. The second-order valence-corrected chi connectivity index (χ2v) is 8.50. The molecule has 2 amide bonds. The fourth-order valence-electron chi connectivity index (χ4n) is 3.44. The van der Waals surface area contributed by atoms with E-state index in [1.165, 1.54) is 48.5 Å². The number of halogens is 3. The zero-order valence-electron chi connectivity index (χ0n) is 20.2. The van der Waals surface area contributed by atoms with Crippen molar-refractivity contribution in [3.8, 4) is 6.19 Å². The number of amides is 2. The number of pyridine rings is 1. The van der Waals surface area contributed by atoms with Gasteiger partial charge in [0.05, 0.1) is 17.6 Å². The molecule has 0 spiro atoms. The van der Waals surface area contributed by atoms with E-state index in [1.54, 1.807) is 18.3 Å². The molecule has 0 aliphatic rings. The molecule has 0 saturated carbocycles. The van der Waals surface area contributed by atoms with Gasteiger partial charge in [-0.15, -0.1) is 0 Å². The number of nitrogens with zero attached hydrogens (tertiary/aromatic N) is 4. The Bertz CT molecular complexity index is 1400. The maximum absolute atomic E-state index is 13.7. The van der Waals surface area contributed by atoms with Crippen molar-refractivity contribution in [3.63, 3.8) is 0 Å². The zero-order valence-corrected chi connectivity index (χ0v) is 21.0. The lowest BCUT2D eigenvalue weighted by Crippen LogP contribution is -2.43. The molecule has 3 rings (SSSR count). The predicted molar refractivity (Wildman–Crippen MR) is 138 cm³/mol. The topological polar surface area (TPSA) is 146 Å². The molecule has 198 valence electrons. The maximum Gasteiger partial charge on any atom is 0.412 e. The summed E-state index contributed by atoms with van der Waals surface area (Å²) in [4.78, 5) is 34.7. The molecular formula is C25H24ClF2N7O3. The van der Waals surface area contributed by atoms with Gasteiger partial charge in [0.25, 0.3) is 0 Å². The Kier molecular flexibility index (Phi) is 9.72. The highest BCUT2D eigenvalue weighted by molar-refractivity contribution is 6.31. The number of guanidine groups is 1. The summed E-state index contributed by atoms with van der Waals surface area (Å²) in [6.45, 7) is -0.370. The van der Waals surface area contributed by atoms with Crippen LogP contribution in [0.1, 0.15) is 12.0 Å². The molecule has 0 aliphatic heterocycles. The second kappa shape index (κ2) is 13.2. The summed E-state index contributed by atoms with van der Waals surface area (Å²) in [6, 6.07) is 9.25. The minimum Gasteiger partial charge on any atom is -0.447 e. The van der Waals surface area contributed by atoms with Gasteiger partial charge in [-0.05, 0) is 47.7 Å². The highest BCUT2D eigenvalue weighted by atomic mass is 35.5. The van der Waals surface area contributed by atoms with Crippen LogP contribution in [0.2, 0.25) is 5.02 Å². The third-order valence-corrected chi connectivity index (χ3v) is 5.98. The molecule has 38 heavy (non-hydrogen) atoms. The van der Waals surface area contributed by atoms with Gasteiger partial charge in [-0.2, -0.15) is 5.26 Å². The molecule has 0 bridgehead atoms. The fraction of sp³-hybridized carbons (Fsp3) is 0.240. The van der Waals surface area contributed by atoms with Crippen molar-refractivity contribution in [2.75, 3.05) is 25.5 Å². The van der Waals surface area contributed by atoms with E-state index in [0.29, 0.717) is 16.3 Å². The van der Waals surface area contributed by atoms with Gasteiger partial charge >= 0.3 is 6.09 Å². The number of nitrogens with one attached hydrogen (secondary N) is 2. The lowest BCUT2D eigenvalue weighted by Gasteiger charge is -2.27. The maximum atomic E-state index is 13.7. The first-order valence-corrected chi connectivity index (χ1v) is 11.7. The van der Waals surface area contributed by atoms with Crippen LogP contribution in [0, 0.1) is 23.1 Å². The molecule has 1 heterocycles. The van der Waals surface area contributed by atoms with E-state index >= 15 is 0 Å². The van der Waals surface area contributed by atoms with Crippen LogP contribution in [0.5, 0.6) is 0 Å². The number of likely N-dealkylation sites (N-methyl/N-ethyl adjacent to an activating group) is 1. The summed E-state index contributed by atoms with van der Waals surface area (Å²) < 4.78 is 32.5. The van der Waals surface area contributed by atoms with E-state index in [-0.39, 0.29) is 48.7 Å². The number of hydrogen-bond acceptors (Lipinski definition) is 6. The predicted octanol–water partition coefficient (Wildman–Crippen LogP) is 3.56. The quantitative estimate of drug-likeness (QED) is 0.162. The molecule has 10 nitrogen and oxygen atoms in total. The Labute approximate surface area is 222 Å². The third kappa shape index (κ3) is 7.75. The molecule has 0 aliphatic carbocycles. The number of carbonyl (C=O) groups is 2. The normalized spacial score (nSPS) is 11.9. The molecular weight excluding hydrogens is 520 g/mol. The van der Waals surface area contributed by atoms with Crippen molar-refractivity contribution in [2.45, 2.75) is 18.9 Å². The highest BCUT2D eigenvalue weighted by Gasteiger charge is 2.22. The lowest BCUT2D eigenvalue weighted by atomic mass is 10.1. The van der Waals surface area contributed by atoms with Gasteiger partial charge in [0.15, 0.2) is 6.19 Å². The van der Waals surface area contributed by atoms with Crippen molar-refractivity contribution in [1.29, 1.82) is 5.26 Å². The standard InChI is InChI=1S/C25H24ClF2N7O3/c1-35(22(36)8-6-15-3-2-4-20(28)23(15)26)19(12-32-24(30)33-14-29)13-38-25(37)34-21-10-17-9-18(27)7-5-16(17)11-31-21/h2-5,7,9-11,19H,6,8,12-13H2,1H3,(H3,30,32,33)(H,31,34,37)/t19-/m0/s1. The van der Waals surface area contributed by atoms with Gasteiger partial charge in [0.1, 0.15) is 24.1 Å². The van der Waals surface area contributed by atoms with E-state index in [4.69, 9.17) is 27.3 Å². The van der Waals surface area contributed by atoms with E-state index in [2.05, 4.69) is 20.6 Å². The summed E-state index contributed by atoms with van der Waals surface area (Å²) in [6.07, 6.45) is 2.42. The van der Waals surface area contributed by atoms with Crippen LogP contribution < -0.4 is 16.4 Å². The Morgan fingerprint density at radius 3 is 2.82 bits per heavy atom.